The second-order valence-corrected chi connectivity index (χ2v) is 8.12. The van der Waals surface area contributed by atoms with E-state index in [1.54, 1.807) is 24.0 Å². The summed E-state index contributed by atoms with van der Waals surface area (Å²) in [5.74, 6) is 0.891. The smallest absolute Gasteiger partial charge is 0.278 e. The molecule has 8 heteroatoms. The summed E-state index contributed by atoms with van der Waals surface area (Å²) in [6, 6.07) is 13.5. The zero-order valence-corrected chi connectivity index (χ0v) is 18.8. The van der Waals surface area contributed by atoms with Crippen molar-refractivity contribution in [3.63, 3.8) is 0 Å². The van der Waals surface area contributed by atoms with E-state index >= 15 is 0 Å². The number of ether oxygens (including phenoxy) is 1. The number of hydrogen-bond donors (Lipinski definition) is 1. The largest absolute Gasteiger partial charge is 0.489 e. The number of nitrogens with one attached hydrogen (secondary N) is 1. The topological polar surface area (TPSA) is 82.2 Å². The fourth-order valence-corrected chi connectivity index (χ4v) is 3.52. The molecule has 0 radical (unpaired) electrons. The molecule has 0 aliphatic rings. The third-order valence-electron chi connectivity index (χ3n) is 4.93. The zero-order chi connectivity index (χ0) is 22.7. The summed E-state index contributed by atoms with van der Waals surface area (Å²) in [6.45, 7) is 6.52. The molecule has 0 saturated carbocycles. The minimum Gasteiger partial charge on any atom is -0.489 e. The van der Waals surface area contributed by atoms with Gasteiger partial charge in [-0.25, -0.2) is 0 Å². The molecule has 1 N–H and O–H groups in total. The number of halogens is 1. The van der Waals surface area contributed by atoms with Crippen molar-refractivity contribution in [2.75, 3.05) is 5.32 Å². The molecule has 32 heavy (non-hydrogen) atoms. The lowest BCUT2D eigenvalue weighted by molar-refractivity contribution is 0.101. The summed E-state index contributed by atoms with van der Waals surface area (Å²) in [5.41, 5.74) is 4.62. The van der Waals surface area contributed by atoms with E-state index in [9.17, 15) is 4.79 Å². The number of rotatable bonds is 7. The van der Waals surface area contributed by atoms with Gasteiger partial charge in [-0.3, -0.25) is 9.48 Å². The predicted octanol–water partition coefficient (Wildman–Crippen LogP) is 5.33. The molecule has 4 aromatic rings. The van der Waals surface area contributed by atoms with E-state index in [-0.39, 0.29) is 18.2 Å². The monoisotopic (exact) mass is 450 g/mol. The number of aryl methyl sites for hydroxylation is 3. The summed E-state index contributed by atoms with van der Waals surface area (Å²) < 4.78 is 12.9. The third kappa shape index (κ3) is 5.18. The van der Waals surface area contributed by atoms with Crippen LogP contribution in [0.3, 0.4) is 0 Å². The Morgan fingerprint density at radius 3 is 2.56 bits per heavy atom. The molecule has 2 heterocycles. The van der Waals surface area contributed by atoms with Gasteiger partial charge < -0.3 is 14.6 Å². The van der Waals surface area contributed by atoms with Gasteiger partial charge >= 0.3 is 0 Å². The van der Waals surface area contributed by atoms with Gasteiger partial charge in [-0.05, 0) is 61.7 Å². The Labute approximate surface area is 190 Å². The summed E-state index contributed by atoms with van der Waals surface area (Å²) >= 11 is 5.93. The van der Waals surface area contributed by atoms with Gasteiger partial charge in [0.2, 0.25) is 0 Å². The molecule has 0 fully saturated rings. The highest BCUT2D eigenvalue weighted by Gasteiger charge is 2.21. The van der Waals surface area contributed by atoms with Gasteiger partial charge in [-0.15, -0.1) is 0 Å². The fraction of sp³-hybridized carbons (Fsp3) is 0.208. The van der Waals surface area contributed by atoms with E-state index in [4.69, 9.17) is 20.9 Å². The first-order chi connectivity index (χ1) is 15.4. The van der Waals surface area contributed by atoms with Crippen LogP contribution in [0.1, 0.15) is 38.5 Å². The highest BCUT2D eigenvalue weighted by molar-refractivity contribution is 6.30. The second-order valence-electron chi connectivity index (χ2n) is 7.69. The lowest BCUT2D eigenvalue weighted by Crippen LogP contribution is -2.15. The number of anilines is 1. The van der Waals surface area contributed by atoms with Crippen LogP contribution < -0.4 is 10.1 Å². The molecule has 164 valence electrons. The van der Waals surface area contributed by atoms with Crippen LogP contribution in [0, 0.1) is 20.8 Å². The summed E-state index contributed by atoms with van der Waals surface area (Å²) in [5, 5.41) is 11.7. The maximum absolute atomic E-state index is 12.8. The average molecular weight is 451 g/mol. The van der Waals surface area contributed by atoms with Crippen LogP contribution in [0.4, 0.5) is 5.69 Å². The van der Waals surface area contributed by atoms with Crippen molar-refractivity contribution in [2.24, 2.45) is 0 Å². The van der Waals surface area contributed by atoms with E-state index in [2.05, 4.69) is 21.6 Å². The zero-order valence-electron chi connectivity index (χ0n) is 18.1. The average Bonchev–Trinajstić information content (AvgIpc) is 3.33. The molecule has 1 amide bonds. The molecular weight excluding hydrogens is 428 g/mol. The van der Waals surface area contributed by atoms with Crippen LogP contribution in [-0.2, 0) is 13.2 Å². The van der Waals surface area contributed by atoms with Crippen molar-refractivity contribution in [1.82, 2.24) is 14.9 Å². The molecular formula is C24H23ClN4O3. The fourth-order valence-electron chi connectivity index (χ4n) is 3.39. The Kier molecular flexibility index (Phi) is 6.28. The van der Waals surface area contributed by atoms with Gasteiger partial charge in [0.05, 0.1) is 24.0 Å². The number of nitrogens with zero attached hydrogens (tertiary/aromatic N) is 3. The molecule has 2 aromatic heterocycles. The number of aromatic nitrogens is 3. The quantitative estimate of drug-likeness (QED) is 0.411. The first kappa shape index (κ1) is 21.6. The minimum atomic E-state index is -0.382. The maximum atomic E-state index is 12.8. The molecule has 0 spiro atoms. The Morgan fingerprint density at radius 1 is 1.12 bits per heavy atom. The molecule has 0 aliphatic carbocycles. The van der Waals surface area contributed by atoms with Crippen LogP contribution in [0.15, 0.2) is 59.4 Å². The van der Waals surface area contributed by atoms with Crippen molar-refractivity contribution < 1.29 is 14.1 Å². The Bertz CT molecular complexity index is 1220. The van der Waals surface area contributed by atoms with Gasteiger partial charge in [-0.1, -0.05) is 35.0 Å². The Hall–Kier alpha value is -3.58. The molecule has 0 bridgehead atoms. The molecule has 2 aromatic carbocycles. The van der Waals surface area contributed by atoms with Crippen molar-refractivity contribution in [1.29, 1.82) is 0 Å². The molecule has 0 aliphatic heterocycles. The van der Waals surface area contributed by atoms with Crippen LogP contribution in [-0.4, -0.2) is 20.8 Å². The van der Waals surface area contributed by atoms with E-state index in [1.165, 1.54) is 0 Å². The van der Waals surface area contributed by atoms with Crippen LogP contribution in [0.25, 0.3) is 0 Å². The van der Waals surface area contributed by atoms with Crippen molar-refractivity contribution in [3.8, 4) is 5.75 Å². The number of hydrogen-bond acceptors (Lipinski definition) is 5. The molecule has 0 atom stereocenters. The number of amides is 1. The maximum Gasteiger partial charge on any atom is 0.278 e. The molecule has 0 unspecified atom stereocenters. The first-order valence-electron chi connectivity index (χ1n) is 10.1. The summed E-state index contributed by atoms with van der Waals surface area (Å²) in [4.78, 5) is 12.8. The normalized spacial score (nSPS) is 10.9. The van der Waals surface area contributed by atoms with Crippen LogP contribution in [0.2, 0.25) is 5.02 Å². The van der Waals surface area contributed by atoms with E-state index < -0.39 is 0 Å². The number of carbonyl (C=O) groups excluding carboxylic acids is 1. The highest BCUT2D eigenvalue weighted by Crippen LogP contribution is 2.21. The van der Waals surface area contributed by atoms with Gasteiger partial charge in [0.15, 0.2) is 5.69 Å². The predicted molar refractivity (Wildman–Crippen MR) is 122 cm³/mol. The van der Waals surface area contributed by atoms with Crippen LogP contribution >= 0.6 is 11.6 Å². The minimum absolute atomic E-state index is 0.177. The van der Waals surface area contributed by atoms with E-state index in [1.807, 2.05) is 50.2 Å². The summed E-state index contributed by atoms with van der Waals surface area (Å²) in [6.07, 6.45) is 3.34. The lowest BCUT2D eigenvalue weighted by Gasteiger charge is -2.08. The van der Waals surface area contributed by atoms with Gasteiger partial charge in [0.25, 0.3) is 5.91 Å². The molecule has 7 nitrogen and oxygen atoms in total. The van der Waals surface area contributed by atoms with Crippen LogP contribution in [0.5, 0.6) is 5.75 Å². The van der Waals surface area contributed by atoms with Crippen molar-refractivity contribution in [3.05, 3.63) is 93.6 Å². The number of benzene rings is 2. The van der Waals surface area contributed by atoms with Gasteiger partial charge in [0, 0.05) is 11.2 Å². The van der Waals surface area contributed by atoms with Crippen molar-refractivity contribution in [2.45, 2.75) is 33.9 Å². The molecule has 4 rings (SSSR count). The van der Waals surface area contributed by atoms with Gasteiger partial charge in [-0.2, -0.15) is 5.10 Å². The van der Waals surface area contributed by atoms with Gasteiger partial charge in [0.1, 0.15) is 18.1 Å². The lowest BCUT2D eigenvalue weighted by atomic mass is 10.1. The standard InChI is InChI=1S/C24H23ClN4O3/c1-15-8-16(2)10-21(9-15)31-14-22-17(3)32-28-23(22)24(30)27-20-11-26-29(13-20)12-18-4-6-19(25)7-5-18/h4-11,13H,12,14H2,1-3H3,(H,27,30). The molecule has 0 saturated heterocycles. The third-order valence-corrected chi connectivity index (χ3v) is 5.18. The number of carbonyl (C=O) groups is 1. The Balaban J connectivity index is 1.43. The Morgan fingerprint density at radius 2 is 1.84 bits per heavy atom. The second kappa shape index (κ2) is 9.28. The van der Waals surface area contributed by atoms with E-state index in [0.717, 1.165) is 22.4 Å². The van der Waals surface area contributed by atoms with Crippen molar-refractivity contribution >= 4 is 23.2 Å². The van der Waals surface area contributed by atoms with E-state index in [0.29, 0.717) is 28.6 Å². The highest BCUT2D eigenvalue weighted by atomic mass is 35.5. The first-order valence-corrected chi connectivity index (χ1v) is 10.5. The SMILES string of the molecule is Cc1cc(C)cc(OCc2c(C(=O)Nc3cnn(Cc4ccc(Cl)cc4)c3)noc2C)c1. The summed E-state index contributed by atoms with van der Waals surface area (Å²) in [7, 11) is 0.